The number of carbonyl (C=O) groups is 1. The molecule has 1 aliphatic rings. The van der Waals surface area contributed by atoms with Gasteiger partial charge in [-0.2, -0.15) is 0 Å². The molecule has 0 radical (unpaired) electrons. The molecular weight excluding hydrogens is 252 g/mol. The smallest absolute Gasteiger partial charge is 0.335 e. The Kier molecular flexibility index (Phi) is 5.56. The fraction of sp³-hybridized carbons (Fsp3) is 0.562. The molecule has 1 aromatic rings. The summed E-state index contributed by atoms with van der Waals surface area (Å²) in [4.78, 5) is 13.4. The Labute approximate surface area is 120 Å². The van der Waals surface area contributed by atoms with Gasteiger partial charge < -0.3 is 10.4 Å². The molecule has 0 aliphatic carbocycles. The van der Waals surface area contributed by atoms with Gasteiger partial charge in [-0.3, -0.25) is 4.90 Å². The molecule has 1 aliphatic heterocycles. The maximum atomic E-state index is 10.9. The summed E-state index contributed by atoms with van der Waals surface area (Å²) in [5.41, 5.74) is 1.56. The van der Waals surface area contributed by atoms with Crippen LogP contribution in [0.3, 0.4) is 0 Å². The van der Waals surface area contributed by atoms with E-state index >= 15 is 0 Å². The highest BCUT2D eigenvalue weighted by Gasteiger charge is 2.21. The van der Waals surface area contributed by atoms with Crippen LogP contribution in [-0.2, 0) is 6.54 Å². The number of nitrogens with one attached hydrogen (secondary N) is 1. The number of benzene rings is 1. The van der Waals surface area contributed by atoms with Gasteiger partial charge in [0.2, 0.25) is 0 Å². The van der Waals surface area contributed by atoms with E-state index in [0.29, 0.717) is 11.6 Å². The molecule has 0 amide bonds. The van der Waals surface area contributed by atoms with Crippen LogP contribution in [0.25, 0.3) is 0 Å². The lowest BCUT2D eigenvalue weighted by atomic mass is 9.98. The predicted molar refractivity (Wildman–Crippen MR) is 80.0 cm³/mol. The number of hydrogen-bond donors (Lipinski definition) is 2. The standard InChI is InChI=1S/C16H24N2O2/c1-17-10-9-15-4-2-3-11-18(15)12-13-5-7-14(8-6-13)16(19)20/h5-8,15,17H,2-4,9-12H2,1H3,(H,19,20). The van der Waals surface area contributed by atoms with Crippen LogP contribution < -0.4 is 5.32 Å². The number of carboxylic acids is 1. The summed E-state index contributed by atoms with van der Waals surface area (Å²) < 4.78 is 0. The zero-order valence-electron chi connectivity index (χ0n) is 12.1. The highest BCUT2D eigenvalue weighted by molar-refractivity contribution is 5.87. The number of aromatic carboxylic acids is 1. The molecule has 2 N–H and O–H groups in total. The van der Waals surface area contributed by atoms with Crippen molar-refractivity contribution in [3.05, 3.63) is 35.4 Å². The van der Waals surface area contributed by atoms with Crippen molar-refractivity contribution in [2.75, 3.05) is 20.1 Å². The molecule has 20 heavy (non-hydrogen) atoms. The van der Waals surface area contributed by atoms with E-state index in [4.69, 9.17) is 5.11 Å². The average Bonchev–Trinajstić information content (AvgIpc) is 2.47. The second kappa shape index (κ2) is 7.41. The summed E-state index contributed by atoms with van der Waals surface area (Å²) in [6, 6.07) is 7.92. The number of carboxylic acid groups (broad SMARTS) is 1. The number of rotatable bonds is 6. The molecule has 4 heteroatoms. The number of piperidine rings is 1. The van der Waals surface area contributed by atoms with E-state index in [0.717, 1.165) is 19.6 Å². The van der Waals surface area contributed by atoms with Crippen LogP contribution in [0.2, 0.25) is 0 Å². The highest BCUT2D eigenvalue weighted by atomic mass is 16.4. The summed E-state index contributed by atoms with van der Waals surface area (Å²) in [5, 5.41) is 12.1. The van der Waals surface area contributed by atoms with Crippen LogP contribution in [-0.4, -0.2) is 42.2 Å². The number of hydrogen-bond acceptors (Lipinski definition) is 3. The van der Waals surface area contributed by atoms with Crippen molar-refractivity contribution in [2.45, 2.75) is 38.3 Å². The topological polar surface area (TPSA) is 52.6 Å². The number of nitrogens with zero attached hydrogens (tertiary/aromatic N) is 1. The lowest BCUT2D eigenvalue weighted by Crippen LogP contribution is -2.40. The normalized spacial score (nSPS) is 19.9. The third kappa shape index (κ3) is 4.05. The van der Waals surface area contributed by atoms with E-state index in [1.54, 1.807) is 12.1 Å². The Hall–Kier alpha value is -1.39. The molecule has 1 atom stereocenters. The Balaban J connectivity index is 1.97. The Morgan fingerprint density at radius 2 is 2.10 bits per heavy atom. The fourth-order valence-corrected chi connectivity index (χ4v) is 2.89. The molecule has 2 rings (SSSR count). The SMILES string of the molecule is CNCCC1CCCCN1Cc1ccc(C(=O)O)cc1. The zero-order valence-corrected chi connectivity index (χ0v) is 12.1. The maximum absolute atomic E-state index is 10.9. The van der Waals surface area contributed by atoms with Gasteiger partial charge in [-0.05, 0) is 57.1 Å². The van der Waals surface area contributed by atoms with Gasteiger partial charge in [0.25, 0.3) is 0 Å². The van der Waals surface area contributed by atoms with E-state index in [9.17, 15) is 4.79 Å². The van der Waals surface area contributed by atoms with Gasteiger partial charge >= 0.3 is 5.97 Å². The minimum absolute atomic E-state index is 0.360. The van der Waals surface area contributed by atoms with Gasteiger partial charge in [0.05, 0.1) is 5.56 Å². The Morgan fingerprint density at radius 1 is 1.35 bits per heavy atom. The minimum atomic E-state index is -0.860. The summed E-state index contributed by atoms with van der Waals surface area (Å²) in [6.07, 6.45) is 5.05. The Bertz CT molecular complexity index is 431. The summed E-state index contributed by atoms with van der Waals surface area (Å²) in [5.74, 6) is -0.860. The molecule has 1 aromatic carbocycles. The maximum Gasteiger partial charge on any atom is 0.335 e. The molecule has 4 nitrogen and oxygen atoms in total. The first-order chi connectivity index (χ1) is 9.70. The van der Waals surface area contributed by atoms with Gasteiger partial charge in [0.1, 0.15) is 0 Å². The van der Waals surface area contributed by atoms with Crippen LogP contribution in [0, 0.1) is 0 Å². The third-order valence-electron chi connectivity index (χ3n) is 4.06. The van der Waals surface area contributed by atoms with E-state index in [1.807, 2.05) is 19.2 Å². The predicted octanol–water partition coefficient (Wildman–Crippen LogP) is 2.35. The molecule has 1 heterocycles. The van der Waals surface area contributed by atoms with Crippen molar-refractivity contribution in [3.63, 3.8) is 0 Å². The van der Waals surface area contributed by atoms with Crippen molar-refractivity contribution in [1.82, 2.24) is 10.2 Å². The minimum Gasteiger partial charge on any atom is -0.478 e. The van der Waals surface area contributed by atoms with Gasteiger partial charge in [-0.15, -0.1) is 0 Å². The van der Waals surface area contributed by atoms with Gasteiger partial charge in [-0.1, -0.05) is 18.6 Å². The van der Waals surface area contributed by atoms with Crippen LogP contribution >= 0.6 is 0 Å². The van der Waals surface area contributed by atoms with E-state index in [1.165, 1.54) is 31.2 Å². The fourth-order valence-electron chi connectivity index (χ4n) is 2.89. The van der Waals surface area contributed by atoms with E-state index < -0.39 is 5.97 Å². The molecular formula is C16H24N2O2. The summed E-state index contributed by atoms with van der Waals surface area (Å²) in [6.45, 7) is 3.13. The van der Waals surface area contributed by atoms with Crippen molar-refractivity contribution in [3.8, 4) is 0 Å². The van der Waals surface area contributed by atoms with Crippen LogP contribution in [0.15, 0.2) is 24.3 Å². The van der Waals surface area contributed by atoms with Crippen LogP contribution in [0.5, 0.6) is 0 Å². The van der Waals surface area contributed by atoms with Crippen LogP contribution in [0.1, 0.15) is 41.6 Å². The van der Waals surface area contributed by atoms with Crippen molar-refractivity contribution in [2.24, 2.45) is 0 Å². The molecule has 0 saturated carbocycles. The molecule has 110 valence electrons. The lowest BCUT2D eigenvalue weighted by molar-refractivity contribution is 0.0697. The van der Waals surface area contributed by atoms with Gasteiger partial charge in [0.15, 0.2) is 0 Å². The second-order valence-corrected chi connectivity index (χ2v) is 5.51. The lowest BCUT2D eigenvalue weighted by Gasteiger charge is -2.36. The average molecular weight is 276 g/mol. The molecule has 0 aromatic heterocycles. The third-order valence-corrected chi connectivity index (χ3v) is 4.06. The number of likely N-dealkylation sites (tertiary alicyclic amines) is 1. The quantitative estimate of drug-likeness (QED) is 0.837. The first kappa shape index (κ1) is 15.0. The largest absolute Gasteiger partial charge is 0.478 e. The first-order valence-electron chi connectivity index (χ1n) is 7.41. The van der Waals surface area contributed by atoms with Crippen molar-refractivity contribution in [1.29, 1.82) is 0 Å². The Morgan fingerprint density at radius 3 is 2.75 bits per heavy atom. The van der Waals surface area contributed by atoms with Crippen LogP contribution in [0.4, 0.5) is 0 Å². The zero-order chi connectivity index (χ0) is 14.4. The molecule has 0 bridgehead atoms. The molecule has 0 spiro atoms. The van der Waals surface area contributed by atoms with E-state index in [2.05, 4.69) is 10.2 Å². The van der Waals surface area contributed by atoms with E-state index in [-0.39, 0.29) is 0 Å². The van der Waals surface area contributed by atoms with Gasteiger partial charge in [0, 0.05) is 12.6 Å². The monoisotopic (exact) mass is 276 g/mol. The highest BCUT2D eigenvalue weighted by Crippen LogP contribution is 2.21. The first-order valence-corrected chi connectivity index (χ1v) is 7.41. The molecule has 1 saturated heterocycles. The molecule has 1 fully saturated rings. The van der Waals surface area contributed by atoms with Crippen molar-refractivity contribution < 1.29 is 9.90 Å². The van der Waals surface area contributed by atoms with Gasteiger partial charge in [-0.25, -0.2) is 4.79 Å². The van der Waals surface area contributed by atoms with Crippen molar-refractivity contribution >= 4 is 5.97 Å². The molecule has 1 unspecified atom stereocenters. The summed E-state index contributed by atoms with van der Waals surface area (Å²) in [7, 11) is 2.00. The summed E-state index contributed by atoms with van der Waals surface area (Å²) >= 11 is 0. The second-order valence-electron chi connectivity index (χ2n) is 5.51.